The number of carbonyl (C=O) groups excluding carboxylic acids is 2. The Morgan fingerprint density at radius 2 is 1.61 bits per heavy atom. The number of phenolic OH excluding ortho intramolecular Hbond substituents is 1. The number of aromatic nitrogens is 1. The van der Waals surface area contributed by atoms with Crippen molar-refractivity contribution in [1.29, 1.82) is 0 Å². The monoisotopic (exact) mass is 481 g/mol. The maximum absolute atomic E-state index is 13.9. The zero-order chi connectivity index (χ0) is 25.0. The predicted molar refractivity (Wildman–Crippen MR) is 132 cm³/mol. The highest BCUT2D eigenvalue weighted by Gasteiger charge is 2.69. The molecule has 3 aromatic carbocycles. The van der Waals surface area contributed by atoms with Crippen molar-refractivity contribution in [3.8, 4) is 5.75 Å². The summed E-state index contributed by atoms with van der Waals surface area (Å²) in [4.78, 5) is 45.0. The predicted octanol–water partition coefficient (Wildman–Crippen LogP) is 3.39. The van der Waals surface area contributed by atoms with Gasteiger partial charge in [0.2, 0.25) is 11.8 Å². The quantitative estimate of drug-likeness (QED) is 0.324. The van der Waals surface area contributed by atoms with Crippen molar-refractivity contribution in [3.05, 3.63) is 96.2 Å². The molecule has 36 heavy (non-hydrogen) atoms. The van der Waals surface area contributed by atoms with Crippen LogP contribution in [0.4, 0.5) is 5.69 Å². The van der Waals surface area contributed by atoms with E-state index >= 15 is 0 Å². The largest absolute Gasteiger partial charge is 0.508 e. The van der Waals surface area contributed by atoms with Crippen molar-refractivity contribution in [1.82, 2.24) is 10.3 Å². The van der Waals surface area contributed by atoms with Crippen LogP contribution in [0.5, 0.6) is 5.75 Å². The van der Waals surface area contributed by atoms with Crippen LogP contribution in [-0.2, 0) is 20.8 Å². The topological polar surface area (TPSA) is 123 Å². The van der Waals surface area contributed by atoms with Gasteiger partial charge in [0.05, 0.1) is 17.5 Å². The number of aromatic amines is 1. The fourth-order valence-electron chi connectivity index (χ4n) is 5.87. The summed E-state index contributed by atoms with van der Waals surface area (Å²) in [5.41, 5.74) is 0.559. The molecular weight excluding hydrogens is 458 g/mol. The summed E-state index contributed by atoms with van der Waals surface area (Å²) in [7, 11) is 0. The third-order valence-electron chi connectivity index (χ3n) is 7.47. The normalized spacial score (nSPS) is 25.4. The maximum Gasteiger partial charge on any atom is 0.325 e. The first-order valence-corrected chi connectivity index (χ1v) is 11.7. The molecule has 2 fully saturated rings. The van der Waals surface area contributed by atoms with E-state index in [2.05, 4.69) is 10.3 Å². The van der Waals surface area contributed by atoms with Crippen LogP contribution in [0.25, 0.3) is 10.9 Å². The number of carbonyl (C=O) groups is 3. The summed E-state index contributed by atoms with van der Waals surface area (Å²) in [6, 6.07) is 21.7. The van der Waals surface area contributed by atoms with Crippen molar-refractivity contribution < 1.29 is 24.6 Å². The summed E-state index contributed by atoms with van der Waals surface area (Å²) in [6.07, 6.45) is 1.72. The first kappa shape index (κ1) is 22.1. The average molecular weight is 482 g/mol. The number of amides is 2. The molecule has 4 aromatic rings. The molecule has 2 saturated heterocycles. The second kappa shape index (κ2) is 8.07. The van der Waals surface area contributed by atoms with Crippen molar-refractivity contribution in [2.75, 3.05) is 4.90 Å². The van der Waals surface area contributed by atoms with Crippen LogP contribution in [0, 0.1) is 11.8 Å². The summed E-state index contributed by atoms with van der Waals surface area (Å²) < 4.78 is 0. The van der Waals surface area contributed by atoms with E-state index in [0.29, 0.717) is 11.3 Å². The SMILES string of the molecule is O=C1[C@@H]2[C@H](c3ccccc3O)N[C@@](Cc3c[nH]c4ccccc34)(C(=O)O)[C@H]2C(=O)N1c1ccccc1. The number of nitrogens with one attached hydrogen (secondary N) is 2. The molecule has 8 heteroatoms. The first-order valence-electron chi connectivity index (χ1n) is 11.7. The third-order valence-corrected chi connectivity index (χ3v) is 7.47. The van der Waals surface area contributed by atoms with Gasteiger partial charge in [-0.1, -0.05) is 54.6 Å². The van der Waals surface area contributed by atoms with Crippen molar-refractivity contribution in [3.63, 3.8) is 0 Å². The lowest BCUT2D eigenvalue weighted by molar-refractivity contribution is -0.148. The molecule has 6 rings (SSSR count). The molecule has 0 radical (unpaired) electrons. The Kier molecular flexibility index (Phi) is 4.94. The number of fused-ring (bicyclic) bond motifs is 2. The van der Waals surface area contributed by atoms with Crippen molar-refractivity contribution >= 4 is 34.4 Å². The van der Waals surface area contributed by atoms with E-state index < -0.39 is 41.2 Å². The van der Waals surface area contributed by atoms with Crippen LogP contribution in [0.1, 0.15) is 17.2 Å². The van der Waals surface area contributed by atoms with E-state index in [1.165, 1.54) is 6.07 Å². The van der Waals surface area contributed by atoms with Gasteiger partial charge in [-0.2, -0.15) is 0 Å². The van der Waals surface area contributed by atoms with Gasteiger partial charge in [0, 0.05) is 35.1 Å². The number of nitrogens with zero attached hydrogens (tertiary/aromatic N) is 1. The lowest BCUT2D eigenvalue weighted by Crippen LogP contribution is -2.57. The number of para-hydroxylation sites is 3. The summed E-state index contributed by atoms with van der Waals surface area (Å²) >= 11 is 0. The molecule has 3 heterocycles. The Morgan fingerprint density at radius 1 is 0.917 bits per heavy atom. The molecule has 0 unspecified atom stereocenters. The number of phenols is 1. The number of hydrogen-bond acceptors (Lipinski definition) is 5. The Bertz CT molecular complexity index is 1510. The first-order chi connectivity index (χ1) is 17.4. The van der Waals surface area contributed by atoms with E-state index in [9.17, 15) is 24.6 Å². The molecule has 2 amide bonds. The van der Waals surface area contributed by atoms with Crippen molar-refractivity contribution in [2.24, 2.45) is 11.8 Å². The average Bonchev–Trinajstić information content (AvgIpc) is 3.52. The second-order valence-electron chi connectivity index (χ2n) is 9.34. The van der Waals surface area contributed by atoms with Crippen LogP contribution >= 0.6 is 0 Å². The molecule has 0 aliphatic carbocycles. The van der Waals surface area contributed by atoms with Gasteiger partial charge in [-0.25, -0.2) is 4.90 Å². The standard InChI is InChI=1S/C28H23N3O5/c32-21-13-7-5-11-19(21)24-22-23(26(34)31(25(22)33)17-8-2-1-3-9-17)28(30-24,27(35)36)14-16-15-29-20-12-6-4-10-18(16)20/h1-13,15,22-24,29-30,32H,14H2,(H,35,36)/t22-,23+,24-,28+/m0/s1. The van der Waals surface area contributed by atoms with E-state index in [-0.39, 0.29) is 12.2 Å². The van der Waals surface area contributed by atoms with Gasteiger partial charge in [-0.3, -0.25) is 19.7 Å². The van der Waals surface area contributed by atoms with Gasteiger partial charge in [-0.15, -0.1) is 0 Å². The third kappa shape index (κ3) is 3.08. The van der Waals surface area contributed by atoms with Gasteiger partial charge < -0.3 is 15.2 Å². The molecular formula is C28H23N3O5. The maximum atomic E-state index is 13.9. The Balaban J connectivity index is 1.53. The summed E-state index contributed by atoms with van der Waals surface area (Å²) in [5, 5.41) is 25.3. The van der Waals surface area contributed by atoms with Crippen LogP contribution in [0.2, 0.25) is 0 Å². The Morgan fingerprint density at radius 3 is 2.36 bits per heavy atom. The lowest BCUT2D eigenvalue weighted by Gasteiger charge is -2.31. The van der Waals surface area contributed by atoms with Crippen LogP contribution < -0.4 is 10.2 Å². The molecule has 180 valence electrons. The summed E-state index contributed by atoms with van der Waals surface area (Å²) in [5.74, 6) is -4.53. The minimum absolute atomic E-state index is 0.0285. The molecule has 4 N–H and O–H groups in total. The van der Waals surface area contributed by atoms with E-state index in [1.807, 2.05) is 24.3 Å². The highest BCUT2D eigenvalue weighted by Crippen LogP contribution is 2.52. The number of carboxylic acids is 1. The van der Waals surface area contributed by atoms with Crippen molar-refractivity contribution in [2.45, 2.75) is 18.0 Å². The number of carboxylic acid groups (broad SMARTS) is 1. The number of anilines is 1. The number of aliphatic carboxylic acids is 1. The Hall–Kier alpha value is -4.43. The number of imide groups is 1. The van der Waals surface area contributed by atoms with Crippen LogP contribution in [0.15, 0.2) is 85.1 Å². The molecule has 0 bridgehead atoms. The van der Waals surface area contributed by atoms with Crippen LogP contribution in [-0.4, -0.2) is 38.5 Å². The zero-order valence-corrected chi connectivity index (χ0v) is 19.1. The van der Waals surface area contributed by atoms with E-state index in [1.54, 1.807) is 54.7 Å². The fourth-order valence-corrected chi connectivity index (χ4v) is 5.87. The number of benzene rings is 3. The lowest BCUT2D eigenvalue weighted by atomic mass is 9.76. The van der Waals surface area contributed by atoms with E-state index in [0.717, 1.165) is 21.4 Å². The molecule has 4 atom stereocenters. The van der Waals surface area contributed by atoms with Gasteiger partial charge in [-0.05, 0) is 29.8 Å². The molecule has 1 aromatic heterocycles. The highest BCUT2D eigenvalue weighted by molar-refractivity contribution is 6.24. The van der Waals surface area contributed by atoms with Gasteiger partial charge in [0.25, 0.3) is 0 Å². The molecule has 8 nitrogen and oxygen atoms in total. The molecule has 2 aliphatic heterocycles. The Labute approximate surface area is 206 Å². The second-order valence-corrected chi connectivity index (χ2v) is 9.34. The van der Waals surface area contributed by atoms with Gasteiger partial charge in [0.15, 0.2) is 0 Å². The number of aromatic hydroxyl groups is 1. The molecule has 0 spiro atoms. The minimum Gasteiger partial charge on any atom is -0.508 e. The summed E-state index contributed by atoms with van der Waals surface area (Å²) in [6.45, 7) is 0. The minimum atomic E-state index is -1.78. The fraction of sp³-hybridized carbons (Fsp3) is 0.179. The number of H-pyrrole nitrogens is 1. The smallest absolute Gasteiger partial charge is 0.325 e. The van der Waals surface area contributed by atoms with Gasteiger partial charge >= 0.3 is 5.97 Å². The zero-order valence-electron chi connectivity index (χ0n) is 19.1. The number of rotatable bonds is 5. The van der Waals surface area contributed by atoms with E-state index in [4.69, 9.17) is 0 Å². The van der Waals surface area contributed by atoms with Crippen LogP contribution in [0.3, 0.4) is 0 Å². The number of hydrogen-bond donors (Lipinski definition) is 4. The highest BCUT2D eigenvalue weighted by atomic mass is 16.4. The molecule has 2 aliphatic rings. The molecule has 0 saturated carbocycles. The van der Waals surface area contributed by atoms with Gasteiger partial charge in [0.1, 0.15) is 11.3 Å².